The van der Waals surface area contributed by atoms with Gasteiger partial charge in [0.05, 0.1) is 6.61 Å². The molecule has 1 amide bonds. The predicted octanol–water partition coefficient (Wildman–Crippen LogP) is 4.61. The second-order valence-corrected chi connectivity index (χ2v) is 7.49. The van der Waals surface area contributed by atoms with Crippen LogP contribution in [0.2, 0.25) is 0 Å². The molecule has 0 saturated carbocycles. The highest BCUT2D eigenvalue weighted by molar-refractivity contribution is 5.84. The number of unbranched alkanes of at least 4 members (excludes halogenated alkanes) is 4. The summed E-state index contributed by atoms with van der Waals surface area (Å²) >= 11 is 0. The van der Waals surface area contributed by atoms with Gasteiger partial charge in [-0.2, -0.15) is 0 Å². The lowest BCUT2D eigenvalue weighted by Crippen LogP contribution is -2.41. The van der Waals surface area contributed by atoms with Gasteiger partial charge in [0.15, 0.2) is 0 Å². The van der Waals surface area contributed by atoms with Crippen LogP contribution in [0.3, 0.4) is 0 Å². The number of esters is 1. The fourth-order valence-corrected chi connectivity index (χ4v) is 2.47. The van der Waals surface area contributed by atoms with Crippen molar-refractivity contribution in [1.29, 1.82) is 0 Å². The van der Waals surface area contributed by atoms with Crippen LogP contribution in [0.4, 0.5) is 0 Å². The molecule has 0 aromatic carbocycles. The van der Waals surface area contributed by atoms with Crippen molar-refractivity contribution in [2.75, 3.05) is 6.61 Å². The summed E-state index contributed by atoms with van der Waals surface area (Å²) in [5, 5.41) is 2.85. The average molecular weight is 328 g/mol. The molecule has 0 unspecified atom stereocenters. The van der Waals surface area contributed by atoms with Crippen LogP contribution in [-0.2, 0) is 14.3 Å². The molecule has 4 heteroatoms. The molecule has 0 aromatic rings. The third kappa shape index (κ3) is 13.1. The number of amides is 1. The molecule has 0 heterocycles. The molecule has 0 fully saturated rings. The van der Waals surface area contributed by atoms with Crippen molar-refractivity contribution < 1.29 is 14.3 Å². The topological polar surface area (TPSA) is 55.4 Å². The fraction of sp³-hybridized carbons (Fsp3) is 0.895. The highest BCUT2D eigenvalue weighted by Gasteiger charge is 2.21. The first kappa shape index (κ1) is 21.9. The fourth-order valence-electron chi connectivity index (χ4n) is 2.47. The van der Waals surface area contributed by atoms with Gasteiger partial charge in [-0.25, -0.2) is 4.79 Å². The minimum Gasteiger partial charge on any atom is -0.464 e. The van der Waals surface area contributed by atoms with Crippen molar-refractivity contribution in [3.63, 3.8) is 0 Å². The smallest absolute Gasteiger partial charge is 0.328 e. The number of hydrogen-bond donors (Lipinski definition) is 1. The average Bonchev–Trinajstić information content (AvgIpc) is 2.45. The normalized spacial score (nSPS) is 12.7. The Morgan fingerprint density at radius 3 is 2.26 bits per heavy atom. The zero-order valence-corrected chi connectivity index (χ0v) is 15.9. The molecule has 0 aliphatic rings. The van der Waals surface area contributed by atoms with E-state index >= 15 is 0 Å². The molecule has 0 radical (unpaired) electrons. The van der Waals surface area contributed by atoms with Gasteiger partial charge in [-0.15, -0.1) is 0 Å². The first-order valence-electron chi connectivity index (χ1n) is 9.26. The van der Waals surface area contributed by atoms with E-state index < -0.39 is 6.04 Å². The summed E-state index contributed by atoms with van der Waals surface area (Å²) in [7, 11) is 0. The molecule has 0 bridgehead atoms. The number of ether oxygens (including phenoxy) is 1. The Morgan fingerprint density at radius 1 is 1.00 bits per heavy atom. The molecule has 0 spiro atoms. The number of carbonyl (C=O) groups is 2. The largest absolute Gasteiger partial charge is 0.464 e. The summed E-state index contributed by atoms with van der Waals surface area (Å²) in [6.45, 7) is 11.0. The minimum atomic E-state index is -0.487. The maximum atomic E-state index is 12.0. The van der Waals surface area contributed by atoms with Crippen LogP contribution in [-0.4, -0.2) is 24.5 Å². The summed E-state index contributed by atoms with van der Waals surface area (Å²) in [6.07, 6.45) is 8.53. The monoisotopic (exact) mass is 327 g/mol. The van der Waals surface area contributed by atoms with Crippen molar-refractivity contribution in [2.45, 2.75) is 98.4 Å². The molecular weight excluding hydrogens is 290 g/mol. The molecule has 0 rings (SSSR count). The lowest BCUT2D eigenvalue weighted by molar-refractivity contribution is -0.147. The molecule has 0 aliphatic heterocycles. The maximum Gasteiger partial charge on any atom is 0.328 e. The van der Waals surface area contributed by atoms with Crippen LogP contribution in [0.15, 0.2) is 0 Å². The van der Waals surface area contributed by atoms with Gasteiger partial charge in [0.1, 0.15) is 6.04 Å². The van der Waals surface area contributed by atoms with Gasteiger partial charge in [0.2, 0.25) is 5.91 Å². The van der Waals surface area contributed by atoms with E-state index in [-0.39, 0.29) is 11.9 Å². The van der Waals surface area contributed by atoms with Crippen molar-refractivity contribution in [3.8, 4) is 0 Å². The van der Waals surface area contributed by atoms with Crippen LogP contribution < -0.4 is 5.32 Å². The van der Waals surface area contributed by atoms with Crippen molar-refractivity contribution in [1.82, 2.24) is 5.32 Å². The highest BCUT2D eigenvalue weighted by atomic mass is 16.5. The molecule has 1 N–H and O–H groups in total. The lowest BCUT2D eigenvalue weighted by atomic mass is 9.89. The van der Waals surface area contributed by atoms with Crippen molar-refractivity contribution >= 4 is 11.9 Å². The summed E-state index contributed by atoms with van der Waals surface area (Å²) in [4.78, 5) is 23.9. The van der Waals surface area contributed by atoms with Crippen LogP contribution in [0, 0.1) is 5.41 Å². The van der Waals surface area contributed by atoms with Gasteiger partial charge >= 0.3 is 5.97 Å². The standard InChI is InChI=1S/C19H37NO3/c1-6-8-10-14-17(21)20-16(18(22)23-7-2)13-11-9-12-15-19(3,4)5/h16H,6-15H2,1-5H3,(H,20,21)/t16-/m0/s1. The highest BCUT2D eigenvalue weighted by Crippen LogP contribution is 2.22. The number of carbonyl (C=O) groups excluding carboxylic acids is 2. The Bertz CT molecular complexity index is 334. The zero-order valence-electron chi connectivity index (χ0n) is 15.9. The summed E-state index contributed by atoms with van der Waals surface area (Å²) in [6, 6.07) is -0.487. The molecular formula is C19H37NO3. The SMILES string of the molecule is CCCCCC(=O)N[C@@H](CCCCCC(C)(C)C)C(=O)OCC. The Balaban J connectivity index is 4.19. The van der Waals surface area contributed by atoms with E-state index in [1.54, 1.807) is 6.92 Å². The quantitative estimate of drug-likeness (QED) is 0.420. The van der Waals surface area contributed by atoms with E-state index in [2.05, 4.69) is 33.0 Å². The molecule has 0 aliphatic carbocycles. The van der Waals surface area contributed by atoms with Gasteiger partial charge in [0, 0.05) is 6.42 Å². The molecule has 1 atom stereocenters. The van der Waals surface area contributed by atoms with E-state index in [4.69, 9.17) is 4.74 Å². The van der Waals surface area contributed by atoms with Gasteiger partial charge < -0.3 is 10.1 Å². The minimum absolute atomic E-state index is 0.0359. The van der Waals surface area contributed by atoms with Crippen LogP contribution in [0.1, 0.15) is 92.4 Å². The van der Waals surface area contributed by atoms with Crippen LogP contribution in [0.5, 0.6) is 0 Å². The first-order valence-corrected chi connectivity index (χ1v) is 9.26. The lowest BCUT2D eigenvalue weighted by Gasteiger charge is -2.19. The van der Waals surface area contributed by atoms with Gasteiger partial charge in [-0.1, -0.05) is 59.8 Å². The summed E-state index contributed by atoms with van der Waals surface area (Å²) in [5.74, 6) is -0.335. The second-order valence-electron chi connectivity index (χ2n) is 7.49. The predicted molar refractivity (Wildman–Crippen MR) is 95.2 cm³/mol. The summed E-state index contributed by atoms with van der Waals surface area (Å²) < 4.78 is 5.09. The van der Waals surface area contributed by atoms with E-state index in [0.29, 0.717) is 24.9 Å². The zero-order chi connectivity index (χ0) is 17.7. The Labute approximate surface area is 142 Å². The Kier molecular flexibility index (Phi) is 11.8. The van der Waals surface area contributed by atoms with E-state index in [9.17, 15) is 9.59 Å². The number of rotatable bonds is 12. The maximum absolute atomic E-state index is 12.0. The van der Waals surface area contributed by atoms with Crippen molar-refractivity contribution in [3.05, 3.63) is 0 Å². The molecule has 136 valence electrons. The Morgan fingerprint density at radius 2 is 1.70 bits per heavy atom. The van der Waals surface area contributed by atoms with E-state index in [1.165, 1.54) is 6.42 Å². The number of hydrogen-bond acceptors (Lipinski definition) is 3. The second kappa shape index (κ2) is 12.4. The van der Waals surface area contributed by atoms with E-state index in [0.717, 1.165) is 38.5 Å². The van der Waals surface area contributed by atoms with Crippen LogP contribution >= 0.6 is 0 Å². The molecule has 4 nitrogen and oxygen atoms in total. The summed E-state index contributed by atoms with van der Waals surface area (Å²) in [5.41, 5.74) is 0.355. The third-order valence-electron chi connectivity index (χ3n) is 3.83. The number of nitrogens with one attached hydrogen (secondary N) is 1. The molecule has 0 saturated heterocycles. The van der Waals surface area contributed by atoms with Crippen molar-refractivity contribution in [2.24, 2.45) is 5.41 Å². The third-order valence-corrected chi connectivity index (χ3v) is 3.83. The van der Waals surface area contributed by atoms with Gasteiger partial charge in [-0.05, 0) is 31.6 Å². The van der Waals surface area contributed by atoms with E-state index in [1.807, 2.05) is 0 Å². The molecule has 0 aromatic heterocycles. The Hall–Kier alpha value is -1.06. The van der Waals surface area contributed by atoms with Gasteiger partial charge in [-0.3, -0.25) is 4.79 Å². The van der Waals surface area contributed by atoms with Gasteiger partial charge in [0.25, 0.3) is 0 Å². The van der Waals surface area contributed by atoms with Crippen LogP contribution in [0.25, 0.3) is 0 Å². The first-order chi connectivity index (χ1) is 10.8. The molecule has 23 heavy (non-hydrogen) atoms.